The fourth-order valence-electron chi connectivity index (χ4n) is 2.25. The lowest BCUT2D eigenvalue weighted by molar-refractivity contribution is 0.0428. The van der Waals surface area contributed by atoms with Gasteiger partial charge in [-0.15, -0.1) is 5.10 Å². The molecule has 0 saturated carbocycles. The first-order chi connectivity index (χ1) is 13.4. The highest BCUT2D eigenvalue weighted by Crippen LogP contribution is 2.24. The maximum Gasteiger partial charge on any atom is 0.425 e. The molecule has 9 nitrogen and oxygen atoms in total. The maximum atomic E-state index is 12.7. The molecule has 0 aromatic carbocycles. The molecular weight excluding hydrogens is 388 g/mol. The van der Waals surface area contributed by atoms with E-state index in [0.29, 0.717) is 11.3 Å². The summed E-state index contributed by atoms with van der Waals surface area (Å²) < 4.78 is 10.7. The van der Waals surface area contributed by atoms with E-state index in [4.69, 9.17) is 9.47 Å². The largest absolute Gasteiger partial charge is 0.443 e. The molecule has 2 amide bonds. The van der Waals surface area contributed by atoms with Crippen LogP contribution in [0.3, 0.4) is 0 Å². The minimum absolute atomic E-state index is 0.0155. The Bertz CT molecular complexity index is 732. The van der Waals surface area contributed by atoms with Gasteiger partial charge in [-0.2, -0.15) is 10.00 Å². The van der Waals surface area contributed by atoms with Crippen molar-refractivity contribution in [2.24, 2.45) is 0 Å². The molecule has 0 aliphatic carbocycles. The molecule has 1 heterocycles. The molecule has 1 aromatic rings. The number of aromatic nitrogens is 2. The van der Waals surface area contributed by atoms with Crippen molar-refractivity contribution in [3.8, 4) is 0 Å². The van der Waals surface area contributed by atoms with E-state index in [9.17, 15) is 14.7 Å². The zero-order chi connectivity index (χ0) is 23.5. The van der Waals surface area contributed by atoms with Gasteiger partial charge < -0.3 is 19.9 Å². The zero-order valence-electron chi connectivity index (χ0n) is 19.8. The van der Waals surface area contributed by atoms with Gasteiger partial charge in [0, 0.05) is 12.1 Å². The second-order valence-corrected chi connectivity index (χ2v) is 10.2. The van der Waals surface area contributed by atoms with Crippen LogP contribution in [0.25, 0.3) is 0 Å². The van der Waals surface area contributed by atoms with Crippen LogP contribution in [-0.2, 0) is 9.47 Å². The van der Waals surface area contributed by atoms with Gasteiger partial charge in [-0.25, -0.2) is 9.59 Å². The van der Waals surface area contributed by atoms with Gasteiger partial charge in [0.1, 0.15) is 17.3 Å². The number of carbonyl (C=O) groups excluding carboxylic acids is 2. The van der Waals surface area contributed by atoms with E-state index in [2.05, 4.69) is 15.5 Å². The number of rotatable bonds is 4. The molecular formula is C21H36N4O5. The van der Waals surface area contributed by atoms with Crippen LogP contribution in [0.2, 0.25) is 0 Å². The van der Waals surface area contributed by atoms with Crippen molar-refractivity contribution >= 4 is 18.0 Å². The summed E-state index contributed by atoms with van der Waals surface area (Å²) in [6, 6.07) is 1.58. The van der Waals surface area contributed by atoms with Gasteiger partial charge >= 0.3 is 12.2 Å². The van der Waals surface area contributed by atoms with Crippen molar-refractivity contribution in [1.82, 2.24) is 15.5 Å². The van der Waals surface area contributed by atoms with Crippen molar-refractivity contribution in [1.29, 1.82) is 0 Å². The summed E-state index contributed by atoms with van der Waals surface area (Å²) in [5, 5.41) is 21.6. The molecule has 0 aliphatic rings. The Kier molecular flexibility index (Phi) is 7.96. The molecule has 1 atom stereocenters. The molecule has 1 unspecified atom stereocenters. The molecule has 9 heteroatoms. The van der Waals surface area contributed by atoms with Crippen LogP contribution < -0.4 is 10.2 Å². The summed E-state index contributed by atoms with van der Waals surface area (Å²) in [7, 11) is 0. The van der Waals surface area contributed by atoms with Crippen molar-refractivity contribution in [3.63, 3.8) is 0 Å². The Balaban J connectivity index is 3.23. The predicted molar refractivity (Wildman–Crippen MR) is 114 cm³/mol. The number of hydrogen-bond donors (Lipinski definition) is 2. The molecule has 0 radical (unpaired) electrons. The van der Waals surface area contributed by atoms with Crippen molar-refractivity contribution in [3.05, 3.63) is 17.3 Å². The lowest BCUT2D eigenvalue weighted by Crippen LogP contribution is -2.44. The molecule has 170 valence electrons. The maximum absolute atomic E-state index is 12.7. The standard InChI is InChI=1S/C21H36N4O5/c1-13-11-14(15(26)12-22-19(2,3)4)23-24-16(13)25(17(27)29-20(5,6)7)18(28)30-21(8,9)10/h11,15,22,26H,12H2,1-10H3. The predicted octanol–water partition coefficient (Wildman–Crippen LogP) is 3.88. The number of hydrogen-bond acceptors (Lipinski definition) is 8. The van der Waals surface area contributed by atoms with Crippen LogP contribution in [0, 0.1) is 6.92 Å². The number of carbonyl (C=O) groups is 2. The lowest BCUT2D eigenvalue weighted by Gasteiger charge is -2.28. The fraction of sp³-hybridized carbons (Fsp3) is 0.714. The van der Waals surface area contributed by atoms with Gasteiger partial charge in [0.2, 0.25) is 0 Å². The Morgan fingerprint density at radius 1 is 1.00 bits per heavy atom. The average Bonchev–Trinajstić information content (AvgIpc) is 2.50. The first kappa shape index (κ1) is 25.8. The number of nitrogens with zero attached hydrogens (tertiary/aromatic N) is 3. The smallest absolute Gasteiger partial charge is 0.425 e. The van der Waals surface area contributed by atoms with Crippen LogP contribution in [0.5, 0.6) is 0 Å². The van der Waals surface area contributed by atoms with Gasteiger partial charge in [0.05, 0.1) is 5.69 Å². The summed E-state index contributed by atoms with van der Waals surface area (Å²) in [5.41, 5.74) is -1.04. The van der Waals surface area contributed by atoms with Crippen LogP contribution in [0.15, 0.2) is 6.07 Å². The highest BCUT2D eigenvalue weighted by atomic mass is 16.6. The highest BCUT2D eigenvalue weighted by Gasteiger charge is 2.35. The topological polar surface area (TPSA) is 114 Å². The van der Waals surface area contributed by atoms with E-state index in [1.807, 2.05) is 20.8 Å². The van der Waals surface area contributed by atoms with Crippen molar-refractivity contribution < 1.29 is 24.2 Å². The minimum Gasteiger partial charge on any atom is -0.443 e. The second-order valence-electron chi connectivity index (χ2n) is 10.2. The third-order valence-electron chi connectivity index (χ3n) is 3.51. The van der Waals surface area contributed by atoms with E-state index in [1.54, 1.807) is 54.5 Å². The SMILES string of the molecule is Cc1cc(C(O)CNC(C)(C)C)nnc1N(C(=O)OC(C)(C)C)C(=O)OC(C)(C)C. The zero-order valence-corrected chi connectivity index (χ0v) is 19.8. The molecule has 2 N–H and O–H groups in total. The van der Waals surface area contributed by atoms with Crippen LogP contribution >= 0.6 is 0 Å². The number of β-amino-alcohol motifs (C(OH)–C–C–N with tert-alkyl or cyclic N) is 1. The highest BCUT2D eigenvalue weighted by molar-refractivity contribution is 6.09. The van der Waals surface area contributed by atoms with Crippen LogP contribution in [-0.4, -0.2) is 50.8 Å². The third-order valence-corrected chi connectivity index (χ3v) is 3.51. The minimum atomic E-state index is -0.920. The number of aliphatic hydroxyl groups excluding tert-OH is 1. The number of nitrogens with one attached hydrogen (secondary N) is 1. The van der Waals surface area contributed by atoms with E-state index in [1.165, 1.54) is 0 Å². The van der Waals surface area contributed by atoms with Crippen molar-refractivity contribution in [2.75, 3.05) is 11.4 Å². The molecule has 30 heavy (non-hydrogen) atoms. The molecule has 0 bridgehead atoms. The van der Waals surface area contributed by atoms with Crippen LogP contribution in [0.4, 0.5) is 15.4 Å². The molecule has 0 spiro atoms. The molecule has 1 aromatic heterocycles. The van der Waals surface area contributed by atoms with E-state index in [0.717, 1.165) is 4.90 Å². The Morgan fingerprint density at radius 2 is 1.47 bits per heavy atom. The summed E-state index contributed by atoms with van der Waals surface area (Å²) >= 11 is 0. The first-order valence-corrected chi connectivity index (χ1v) is 9.93. The lowest BCUT2D eigenvalue weighted by atomic mass is 10.1. The quantitative estimate of drug-likeness (QED) is 0.748. The van der Waals surface area contributed by atoms with Crippen LogP contribution in [0.1, 0.15) is 79.7 Å². The Hall–Kier alpha value is -2.26. The van der Waals surface area contributed by atoms with Gasteiger partial charge in [-0.05, 0) is 80.9 Å². The van der Waals surface area contributed by atoms with Gasteiger partial charge in [-0.3, -0.25) is 0 Å². The van der Waals surface area contributed by atoms with E-state index in [-0.39, 0.29) is 17.9 Å². The first-order valence-electron chi connectivity index (χ1n) is 9.93. The number of anilines is 1. The van der Waals surface area contributed by atoms with Gasteiger partial charge in [-0.1, -0.05) is 0 Å². The summed E-state index contributed by atoms with van der Waals surface area (Å²) in [6.45, 7) is 18.1. The molecule has 0 saturated heterocycles. The molecule has 0 aliphatic heterocycles. The third kappa shape index (κ3) is 8.62. The van der Waals surface area contributed by atoms with Gasteiger partial charge in [0.15, 0.2) is 5.82 Å². The van der Waals surface area contributed by atoms with Gasteiger partial charge in [0.25, 0.3) is 0 Å². The normalized spacial score (nSPS) is 13.6. The fourth-order valence-corrected chi connectivity index (χ4v) is 2.25. The summed E-state index contributed by atoms with van der Waals surface area (Å²) in [4.78, 5) is 26.2. The summed E-state index contributed by atoms with van der Waals surface area (Å²) in [6.07, 6.45) is -2.74. The van der Waals surface area contributed by atoms with Crippen molar-refractivity contribution in [2.45, 2.75) is 92.1 Å². The monoisotopic (exact) mass is 424 g/mol. The Morgan fingerprint density at radius 3 is 1.83 bits per heavy atom. The number of ether oxygens (including phenoxy) is 2. The second kappa shape index (κ2) is 9.26. The molecule has 0 fully saturated rings. The number of imide groups is 1. The average molecular weight is 425 g/mol. The summed E-state index contributed by atoms with van der Waals surface area (Å²) in [5.74, 6) is -0.0155. The number of aliphatic hydroxyl groups is 1. The van der Waals surface area contributed by atoms with E-state index < -0.39 is 29.5 Å². The van der Waals surface area contributed by atoms with E-state index >= 15 is 0 Å². The number of aryl methyl sites for hydroxylation is 1. The number of amides is 2. The molecule has 1 rings (SSSR count). The Labute approximate surface area is 179 Å².